The van der Waals surface area contributed by atoms with Gasteiger partial charge in [-0.25, -0.2) is 4.79 Å². The van der Waals surface area contributed by atoms with E-state index in [4.69, 9.17) is 9.26 Å². The third-order valence-corrected chi connectivity index (χ3v) is 5.43. The molecule has 0 spiro atoms. The number of hydrogen-bond donors (Lipinski definition) is 2. The van der Waals surface area contributed by atoms with Crippen LogP contribution < -0.4 is 10.6 Å². The minimum absolute atomic E-state index is 0.00685. The molecule has 1 aromatic heterocycles. The minimum Gasteiger partial charge on any atom is -0.372 e. The number of carbonyl (C=O) groups is 2. The molecular weight excluding hydrogens is 396 g/mol. The fourth-order valence-corrected chi connectivity index (χ4v) is 3.90. The summed E-state index contributed by atoms with van der Waals surface area (Å²) < 4.78 is 10.9. The summed E-state index contributed by atoms with van der Waals surface area (Å²) in [6.07, 6.45) is 0.730. The van der Waals surface area contributed by atoms with Crippen LogP contribution in [0.4, 0.5) is 4.79 Å². The van der Waals surface area contributed by atoms with Crippen molar-refractivity contribution in [1.82, 2.24) is 20.7 Å². The van der Waals surface area contributed by atoms with E-state index in [-0.39, 0.29) is 30.2 Å². The lowest BCUT2D eigenvalue weighted by molar-refractivity contribution is -0.0586. The quantitative estimate of drug-likeness (QED) is 0.737. The Kier molecular flexibility index (Phi) is 7.33. The number of nitrogens with one attached hydrogen (secondary N) is 2. The van der Waals surface area contributed by atoms with Crippen LogP contribution in [0, 0.1) is 13.8 Å². The molecule has 2 N–H and O–H groups in total. The van der Waals surface area contributed by atoms with Crippen molar-refractivity contribution in [2.45, 2.75) is 65.8 Å². The van der Waals surface area contributed by atoms with Crippen molar-refractivity contribution in [1.29, 1.82) is 0 Å². The number of benzene rings is 1. The highest BCUT2D eigenvalue weighted by atomic mass is 16.5. The molecule has 31 heavy (non-hydrogen) atoms. The lowest BCUT2D eigenvalue weighted by atomic mass is 10.1. The maximum atomic E-state index is 12.7. The predicted octanol–water partition coefficient (Wildman–Crippen LogP) is 2.97. The molecule has 1 aromatic carbocycles. The molecule has 8 heteroatoms. The fourth-order valence-electron chi connectivity index (χ4n) is 3.90. The average Bonchev–Trinajstić information content (AvgIpc) is 3.03. The van der Waals surface area contributed by atoms with Gasteiger partial charge in [-0.3, -0.25) is 4.79 Å². The van der Waals surface area contributed by atoms with E-state index in [1.54, 1.807) is 0 Å². The first-order valence-electron chi connectivity index (χ1n) is 10.7. The van der Waals surface area contributed by atoms with Crippen LogP contribution in [0.25, 0.3) is 0 Å². The molecule has 1 aliphatic rings. The highest BCUT2D eigenvalue weighted by Gasteiger charge is 2.26. The van der Waals surface area contributed by atoms with E-state index >= 15 is 0 Å². The van der Waals surface area contributed by atoms with Gasteiger partial charge >= 0.3 is 6.03 Å². The van der Waals surface area contributed by atoms with Crippen molar-refractivity contribution >= 4 is 11.9 Å². The molecule has 3 rings (SSSR count). The number of hydrogen-bond acceptors (Lipinski definition) is 5. The first kappa shape index (κ1) is 22.8. The van der Waals surface area contributed by atoms with Crippen LogP contribution in [-0.2, 0) is 17.7 Å². The summed E-state index contributed by atoms with van der Waals surface area (Å²) in [4.78, 5) is 26.8. The van der Waals surface area contributed by atoms with Crippen LogP contribution in [0.2, 0.25) is 0 Å². The number of aromatic nitrogens is 1. The van der Waals surface area contributed by atoms with E-state index in [0.29, 0.717) is 31.6 Å². The number of urea groups is 1. The van der Waals surface area contributed by atoms with Crippen molar-refractivity contribution in [2.75, 3.05) is 13.1 Å². The van der Waals surface area contributed by atoms with E-state index in [1.165, 1.54) is 0 Å². The Morgan fingerprint density at radius 3 is 2.39 bits per heavy atom. The number of ether oxygens (including phenoxy) is 1. The molecular formula is C23H32N4O4. The molecule has 3 amide bonds. The van der Waals surface area contributed by atoms with E-state index in [9.17, 15) is 9.59 Å². The number of nitrogens with zero attached hydrogens (tertiary/aromatic N) is 2. The second kappa shape index (κ2) is 9.96. The molecule has 0 bridgehead atoms. The maximum Gasteiger partial charge on any atom is 0.315 e. The molecule has 0 saturated carbocycles. The van der Waals surface area contributed by atoms with Gasteiger partial charge in [-0.1, -0.05) is 17.3 Å². The molecule has 2 heterocycles. The van der Waals surface area contributed by atoms with Gasteiger partial charge in [-0.2, -0.15) is 0 Å². The van der Waals surface area contributed by atoms with Crippen LogP contribution in [0.3, 0.4) is 0 Å². The van der Waals surface area contributed by atoms with Crippen molar-refractivity contribution in [3.8, 4) is 0 Å². The molecule has 0 radical (unpaired) electrons. The largest absolute Gasteiger partial charge is 0.372 e. The highest BCUT2D eigenvalue weighted by Crippen LogP contribution is 2.16. The van der Waals surface area contributed by atoms with Gasteiger partial charge < -0.3 is 24.8 Å². The fraction of sp³-hybridized carbons (Fsp3) is 0.522. The van der Waals surface area contributed by atoms with Crippen LogP contribution in [-0.4, -0.2) is 53.3 Å². The number of amides is 3. The van der Waals surface area contributed by atoms with Crippen LogP contribution in [0.1, 0.15) is 53.7 Å². The minimum atomic E-state index is -0.240. The zero-order chi connectivity index (χ0) is 22.5. The smallest absolute Gasteiger partial charge is 0.315 e. The Labute approximate surface area is 183 Å². The normalized spacial score (nSPS) is 19.7. The number of morpholine rings is 1. The van der Waals surface area contributed by atoms with E-state index in [1.807, 2.05) is 63.8 Å². The molecule has 1 aliphatic heterocycles. The third kappa shape index (κ3) is 6.07. The SMILES string of the molecule is Cc1noc(C)c1CC(C)NC(=O)NCc1ccc(C(=O)N2CC(C)OC(C)C2)cc1. The van der Waals surface area contributed by atoms with Crippen molar-refractivity contribution < 1.29 is 18.8 Å². The van der Waals surface area contributed by atoms with Crippen LogP contribution in [0.15, 0.2) is 28.8 Å². The van der Waals surface area contributed by atoms with Gasteiger partial charge in [0, 0.05) is 36.8 Å². The summed E-state index contributed by atoms with van der Waals surface area (Å²) >= 11 is 0. The van der Waals surface area contributed by atoms with Crippen LogP contribution >= 0.6 is 0 Å². The van der Waals surface area contributed by atoms with Gasteiger partial charge in [0.05, 0.1) is 17.9 Å². The van der Waals surface area contributed by atoms with Gasteiger partial charge in [0.1, 0.15) is 5.76 Å². The third-order valence-electron chi connectivity index (χ3n) is 5.43. The molecule has 168 valence electrons. The standard InChI is InChI=1S/C23H32N4O4/c1-14(10-21-17(4)26-31-18(21)5)25-23(29)24-11-19-6-8-20(9-7-19)22(28)27-12-15(2)30-16(3)13-27/h6-9,14-16H,10-13H2,1-5H3,(H2,24,25,29). The Bertz CT molecular complexity index is 879. The maximum absolute atomic E-state index is 12.7. The van der Waals surface area contributed by atoms with Crippen molar-refractivity contribution in [2.24, 2.45) is 0 Å². The summed E-state index contributed by atoms with van der Waals surface area (Å²) in [6.45, 7) is 11.2. The summed E-state index contributed by atoms with van der Waals surface area (Å²) in [7, 11) is 0. The van der Waals surface area contributed by atoms with Gasteiger partial charge in [0.25, 0.3) is 5.91 Å². The molecule has 3 unspecified atom stereocenters. The van der Waals surface area contributed by atoms with Crippen LogP contribution in [0.5, 0.6) is 0 Å². The Balaban J connectivity index is 1.47. The molecule has 1 saturated heterocycles. The second-order valence-electron chi connectivity index (χ2n) is 8.40. The summed E-state index contributed by atoms with van der Waals surface area (Å²) in [5.74, 6) is 0.787. The summed E-state index contributed by atoms with van der Waals surface area (Å²) in [6, 6.07) is 7.05. The summed E-state index contributed by atoms with van der Waals surface area (Å²) in [5.41, 5.74) is 3.44. The molecule has 3 atom stereocenters. The number of rotatable bonds is 6. The molecule has 1 fully saturated rings. The molecule has 8 nitrogen and oxygen atoms in total. The van der Waals surface area contributed by atoms with Crippen molar-refractivity contribution in [3.05, 3.63) is 52.4 Å². The zero-order valence-corrected chi connectivity index (χ0v) is 18.9. The predicted molar refractivity (Wildman–Crippen MR) is 117 cm³/mol. The van der Waals surface area contributed by atoms with Crippen molar-refractivity contribution in [3.63, 3.8) is 0 Å². The first-order chi connectivity index (χ1) is 14.7. The van der Waals surface area contributed by atoms with E-state index in [2.05, 4.69) is 15.8 Å². The molecule has 0 aliphatic carbocycles. The van der Waals surface area contributed by atoms with Gasteiger partial charge in [0.15, 0.2) is 0 Å². The van der Waals surface area contributed by atoms with Gasteiger partial charge in [-0.05, 0) is 58.7 Å². The summed E-state index contributed by atoms with van der Waals surface area (Å²) in [5, 5.41) is 9.74. The zero-order valence-electron chi connectivity index (χ0n) is 18.9. The number of carbonyl (C=O) groups excluding carboxylic acids is 2. The topological polar surface area (TPSA) is 96.7 Å². The first-order valence-corrected chi connectivity index (χ1v) is 10.7. The van der Waals surface area contributed by atoms with E-state index in [0.717, 1.165) is 22.6 Å². The van der Waals surface area contributed by atoms with Gasteiger partial charge in [0.2, 0.25) is 0 Å². The lowest BCUT2D eigenvalue weighted by Crippen LogP contribution is -2.48. The second-order valence-corrected chi connectivity index (χ2v) is 8.40. The average molecular weight is 429 g/mol. The van der Waals surface area contributed by atoms with E-state index < -0.39 is 0 Å². The Morgan fingerprint density at radius 1 is 1.16 bits per heavy atom. The lowest BCUT2D eigenvalue weighted by Gasteiger charge is -2.35. The molecule has 2 aromatic rings. The highest BCUT2D eigenvalue weighted by molar-refractivity contribution is 5.94. The Hall–Kier alpha value is -2.87. The monoisotopic (exact) mass is 428 g/mol. The Morgan fingerprint density at radius 2 is 1.81 bits per heavy atom. The number of aryl methyl sites for hydroxylation is 2. The van der Waals surface area contributed by atoms with Gasteiger partial charge in [-0.15, -0.1) is 0 Å².